The number of hydroxylamine groups is 2. The fourth-order valence-corrected chi connectivity index (χ4v) is 3.44. The van der Waals surface area contributed by atoms with Crippen LogP contribution < -0.4 is 5.73 Å². The van der Waals surface area contributed by atoms with Gasteiger partial charge in [-0.05, 0) is 55.9 Å². The third kappa shape index (κ3) is 11.2. The molecule has 0 spiro atoms. The summed E-state index contributed by atoms with van der Waals surface area (Å²) in [6.45, 7) is 4.52. The van der Waals surface area contributed by atoms with E-state index in [1.165, 1.54) is 0 Å². The van der Waals surface area contributed by atoms with Gasteiger partial charge in [-0.1, -0.05) is 25.2 Å². The molecule has 2 rings (SSSR count). The fourth-order valence-electron chi connectivity index (χ4n) is 3.44. The highest BCUT2D eigenvalue weighted by Gasteiger charge is 2.22. The van der Waals surface area contributed by atoms with Crippen LogP contribution in [0, 0.1) is 31.6 Å². The molecule has 0 amide bonds. The van der Waals surface area contributed by atoms with Gasteiger partial charge in [0.1, 0.15) is 0 Å². The maximum absolute atomic E-state index is 9.57. The van der Waals surface area contributed by atoms with Gasteiger partial charge >= 0.3 is 0 Å². The fraction of sp³-hybridized carbons (Fsp3) is 0.462. The number of piperidine rings is 1. The molecule has 0 atom stereocenters. The highest BCUT2D eigenvalue weighted by molar-refractivity contribution is 5.33. The van der Waals surface area contributed by atoms with Crippen molar-refractivity contribution in [2.24, 2.45) is 11.7 Å². The molecule has 5 heteroatoms. The lowest BCUT2D eigenvalue weighted by Crippen LogP contribution is -2.34. The number of nitrogens with two attached hydrogens (primary N) is 1. The average molecular weight is 427 g/mol. The Morgan fingerprint density at radius 3 is 2.48 bits per heavy atom. The van der Waals surface area contributed by atoms with E-state index < -0.39 is 0 Å². The molecule has 31 heavy (non-hydrogen) atoms. The zero-order chi connectivity index (χ0) is 23.5. The topological polar surface area (TPSA) is 68.0 Å². The molecule has 0 aromatic rings. The van der Waals surface area contributed by atoms with E-state index in [0.717, 1.165) is 62.2 Å². The number of allylic oxidation sites excluding steroid dienone is 8. The first-order valence-corrected chi connectivity index (χ1v) is 10.6. The molecule has 0 bridgehead atoms. The Morgan fingerprint density at radius 2 is 1.87 bits per heavy atom. The van der Waals surface area contributed by atoms with Crippen LogP contribution in [-0.4, -0.2) is 37.0 Å². The third-order valence-corrected chi connectivity index (χ3v) is 5.00. The number of ether oxygens (including phenoxy) is 1. The molecule has 1 aliphatic carbocycles. The molecular formula is C26H38N2O3. The highest BCUT2D eigenvalue weighted by Crippen LogP contribution is 2.25. The summed E-state index contributed by atoms with van der Waals surface area (Å²) in [6.07, 6.45) is 33.2. The molecule has 0 aromatic heterocycles. The summed E-state index contributed by atoms with van der Waals surface area (Å²) >= 11 is 0. The predicted molar refractivity (Wildman–Crippen MR) is 129 cm³/mol. The van der Waals surface area contributed by atoms with Gasteiger partial charge in [-0.25, -0.2) is 0 Å². The SMILES string of the molecule is C#C.C#C.CCC=C(OC)C1CCN(OC/C=C\C=C(/N)C2=CCC=C(O)CC2)CC1. The number of aliphatic hydroxyl groups excluding tert-OH is 1. The van der Waals surface area contributed by atoms with Crippen molar-refractivity contribution in [3.63, 3.8) is 0 Å². The van der Waals surface area contributed by atoms with Gasteiger partial charge in [0, 0.05) is 31.1 Å². The second-order valence-electron chi connectivity index (χ2n) is 6.93. The minimum Gasteiger partial charge on any atom is -0.513 e. The third-order valence-electron chi connectivity index (χ3n) is 5.00. The van der Waals surface area contributed by atoms with E-state index in [2.05, 4.69) is 44.8 Å². The summed E-state index contributed by atoms with van der Waals surface area (Å²) in [5.74, 6) is 2.08. The largest absolute Gasteiger partial charge is 0.513 e. The summed E-state index contributed by atoms with van der Waals surface area (Å²) in [6, 6.07) is 0. The maximum Gasteiger partial charge on any atom is 0.0947 e. The summed E-state index contributed by atoms with van der Waals surface area (Å²) < 4.78 is 5.52. The van der Waals surface area contributed by atoms with Crippen LogP contribution in [0.4, 0.5) is 0 Å². The monoisotopic (exact) mass is 426 g/mol. The summed E-state index contributed by atoms with van der Waals surface area (Å²) in [4.78, 5) is 5.83. The van der Waals surface area contributed by atoms with Crippen molar-refractivity contribution in [3.05, 3.63) is 59.2 Å². The first-order valence-electron chi connectivity index (χ1n) is 10.6. The molecule has 1 saturated heterocycles. The number of terminal acetylenes is 2. The Labute approximate surface area is 188 Å². The van der Waals surface area contributed by atoms with Gasteiger partial charge in [0.25, 0.3) is 0 Å². The van der Waals surface area contributed by atoms with Crippen molar-refractivity contribution < 1.29 is 14.7 Å². The van der Waals surface area contributed by atoms with Gasteiger partial charge in [0.05, 0.1) is 25.2 Å². The highest BCUT2D eigenvalue weighted by atomic mass is 16.7. The minimum absolute atomic E-state index is 0.449. The van der Waals surface area contributed by atoms with Crippen LogP contribution in [0.1, 0.15) is 45.4 Å². The van der Waals surface area contributed by atoms with Gasteiger partial charge in [-0.3, -0.25) is 4.84 Å². The van der Waals surface area contributed by atoms with Gasteiger partial charge in [0.15, 0.2) is 0 Å². The van der Waals surface area contributed by atoms with Crippen LogP contribution in [0.25, 0.3) is 0 Å². The van der Waals surface area contributed by atoms with Crippen LogP contribution in [-0.2, 0) is 9.57 Å². The van der Waals surface area contributed by atoms with E-state index in [1.54, 1.807) is 7.11 Å². The molecule has 0 saturated carbocycles. The molecule has 0 aromatic carbocycles. The Bertz CT molecular complexity index is 682. The van der Waals surface area contributed by atoms with E-state index in [1.807, 2.05) is 29.4 Å². The zero-order valence-electron chi connectivity index (χ0n) is 19.0. The Morgan fingerprint density at radius 1 is 1.19 bits per heavy atom. The standard InChI is InChI=1S/C22H34N2O3.2C2H2/c1-3-7-22(26-2)19-13-15-24(16-14-19)27-17-5-4-10-21(23)18-8-6-9-20(25)12-11-18;2*1-2/h4-5,7-10,19,25H,3,6,11-17,23H2,1-2H3;2*1-2H/b5-4-,21-10-,22-7?;;. The minimum atomic E-state index is 0.449. The first-order chi connectivity index (χ1) is 15.1. The molecule has 170 valence electrons. The number of rotatable bonds is 8. The van der Waals surface area contributed by atoms with Crippen LogP contribution >= 0.6 is 0 Å². The molecule has 0 radical (unpaired) electrons. The number of nitrogens with zero attached hydrogens (tertiary/aromatic N) is 1. The van der Waals surface area contributed by atoms with E-state index >= 15 is 0 Å². The lowest BCUT2D eigenvalue weighted by Gasteiger charge is -2.31. The molecule has 0 unspecified atom stereocenters. The van der Waals surface area contributed by atoms with Crippen molar-refractivity contribution >= 4 is 0 Å². The lowest BCUT2D eigenvalue weighted by atomic mass is 9.95. The van der Waals surface area contributed by atoms with Crippen molar-refractivity contribution in [1.82, 2.24) is 5.06 Å². The van der Waals surface area contributed by atoms with Crippen LogP contribution in [0.2, 0.25) is 0 Å². The molecule has 5 nitrogen and oxygen atoms in total. The number of hydrogen-bond donors (Lipinski definition) is 2. The quantitative estimate of drug-likeness (QED) is 0.324. The van der Waals surface area contributed by atoms with Gasteiger partial charge in [0.2, 0.25) is 0 Å². The molecule has 2 aliphatic rings. The molecule has 1 fully saturated rings. The molecule has 3 N–H and O–H groups in total. The summed E-state index contributed by atoms with van der Waals surface area (Å²) in [5.41, 5.74) is 7.99. The predicted octanol–water partition coefficient (Wildman–Crippen LogP) is 5.02. The molecule has 1 aliphatic heterocycles. The van der Waals surface area contributed by atoms with Crippen molar-refractivity contribution in [2.45, 2.75) is 45.4 Å². The normalized spacial score (nSPS) is 18.5. The molecular weight excluding hydrogens is 388 g/mol. The smallest absolute Gasteiger partial charge is 0.0947 e. The number of hydrogen-bond acceptors (Lipinski definition) is 5. The Hall–Kier alpha value is -2.86. The first kappa shape index (κ1) is 28.1. The lowest BCUT2D eigenvalue weighted by molar-refractivity contribution is -0.163. The summed E-state index contributed by atoms with van der Waals surface area (Å²) in [5, 5.41) is 11.6. The van der Waals surface area contributed by atoms with E-state index in [0.29, 0.717) is 24.7 Å². The van der Waals surface area contributed by atoms with Crippen molar-refractivity contribution in [2.75, 3.05) is 26.8 Å². The van der Waals surface area contributed by atoms with Crippen LogP contribution in [0.3, 0.4) is 0 Å². The second-order valence-corrected chi connectivity index (χ2v) is 6.93. The zero-order valence-corrected chi connectivity index (χ0v) is 19.0. The van der Waals surface area contributed by atoms with E-state index in [-0.39, 0.29) is 0 Å². The maximum atomic E-state index is 9.57. The van der Waals surface area contributed by atoms with Gasteiger partial charge < -0.3 is 15.6 Å². The Balaban J connectivity index is 0.00000212. The number of aliphatic hydroxyl groups is 1. The average Bonchev–Trinajstić information content (AvgIpc) is 3.05. The second kappa shape index (κ2) is 18.0. The van der Waals surface area contributed by atoms with E-state index in [4.69, 9.17) is 15.3 Å². The Kier molecular flexibility index (Phi) is 16.3. The van der Waals surface area contributed by atoms with Crippen LogP contribution in [0.5, 0.6) is 0 Å². The van der Waals surface area contributed by atoms with Crippen LogP contribution in [0.15, 0.2) is 59.2 Å². The molecule has 1 heterocycles. The van der Waals surface area contributed by atoms with E-state index in [9.17, 15) is 5.11 Å². The summed E-state index contributed by atoms with van der Waals surface area (Å²) in [7, 11) is 1.76. The van der Waals surface area contributed by atoms with Crippen molar-refractivity contribution in [3.8, 4) is 25.7 Å². The van der Waals surface area contributed by atoms with Crippen molar-refractivity contribution in [1.29, 1.82) is 0 Å². The van der Waals surface area contributed by atoms with Gasteiger partial charge in [-0.2, -0.15) is 5.06 Å². The number of methoxy groups -OCH3 is 1. The van der Waals surface area contributed by atoms with Gasteiger partial charge in [-0.15, -0.1) is 25.7 Å².